The van der Waals surface area contributed by atoms with Gasteiger partial charge in [0.05, 0.1) is 31.7 Å². The zero-order valence-electron chi connectivity index (χ0n) is 25.3. The van der Waals surface area contributed by atoms with Crippen molar-refractivity contribution in [2.24, 2.45) is 0 Å². The van der Waals surface area contributed by atoms with Gasteiger partial charge in [0.15, 0.2) is 25.5 Å². The summed E-state index contributed by atoms with van der Waals surface area (Å²) in [6.07, 6.45) is -3.23. The number of halogens is 3. The molecule has 0 bridgehead atoms. The fraction of sp³-hybridized carbons (Fsp3) is 0.552. The first-order valence-electron chi connectivity index (χ1n) is 14.0. The number of methoxy groups -OCH3 is 1. The predicted octanol–water partition coefficient (Wildman–Crippen LogP) is 5.93. The van der Waals surface area contributed by atoms with Gasteiger partial charge in [0, 0.05) is 25.7 Å². The van der Waals surface area contributed by atoms with Crippen molar-refractivity contribution in [2.75, 3.05) is 43.2 Å². The van der Waals surface area contributed by atoms with Crippen molar-refractivity contribution in [1.29, 1.82) is 0 Å². The van der Waals surface area contributed by atoms with Crippen molar-refractivity contribution >= 4 is 31.4 Å². The molecule has 4 rings (SSSR count). The highest BCUT2D eigenvalue weighted by Crippen LogP contribution is 2.39. The third-order valence-corrected chi connectivity index (χ3v) is 12.5. The second kappa shape index (κ2) is 12.1. The van der Waals surface area contributed by atoms with Crippen molar-refractivity contribution in [1.82, 2.24) is 14.6 Å². The zero-order chi connectivity index (χ0) is 30.9. The number of rotatable bonds is 10. The van der Waals surface area contributed by atoms with Crippen LogP contribution in [-0.2, 0) is 26.7 Å². The summed E-state index contributed by atoms with van der Waals surface area (Å²) in [6, 6.07) is 8.96. The summed E-state index contributed by atoms with van der Waals surface area (Å²) in [4.78, 5) is 20.4. The molecule has 3 aromatic rings. The molecule has 1 aromatic carbocycles. The predicted molar refractivity (Wildman–Crippen MR) is 158 cm³/mol. The van der Waals surface area contributed by atoms with E-state index in [0.29, 0.717) is 30.3 Å². The largest absolute Gasteiger partial charge is 0.497 e. The fourth-order valence-electron chi connectivity index (χ4n) is 4.69. The monoisotopic (exact) mass is 607 g/mol. The van der Waals surface area contributed by atoms with E-state index >= 15 is 0 Å². The van der Waals surface area contributed by atoms with Gasteiger partial charge in [-0.2, -0.15) is 13.2 Å². The summed E-state index contributed by atoms with van der Waals surface area (Å²) in [6.45, 7) is 13.9. The molecule has 9 nitrogen and oxygen atoms in total. The van der Waals surface area contributed by atoms with E-state index in [2.05, 4.69) is 43.9 Å². The van der Waals surface area contributed by atoms with Crippen LogP contribution < -0.4 is 14.5 Å². The molecule has 1 fully saturated rings. The number of hydrogen-bond donors (Lipinski definition) is 0. The Morgan fingerprint density at radius 1 is 1.17 bits per heavy atom. The van der Waals surface area contributed by atoms with E-state index in [9.17, 15) is 18.0 Å². The Labute approximate surface area is 245 Å². The number of ether oxygens (including phenoxy) is 2. The lowest BCUT2D eigenvalue weighted by Gasteiger charge is -2.38. The highest BCUT2D eigenvalue weighted by molar-refractivity contribution is 6.74. The Morgan fingerprint density at radius 3 is 2.45 bits per heavy atom. The average molecular weight is 608 g/mol. The first-order valence-corrected chi connectivity index (χ1v) is 17.0. The van der Waals surface area contributed by atoms with Crippen LogP contribution in [0.1, 0.15) is 45.4 Å². The molecule has 0 spiro atoms. The van der Waals surface area contributed by atoms with Crippen molar-refractivity contribution in [3.8, 4) is 5.75 Å². The third-order valence-electron chi connectivity index (χ3n) is 7.96. The third kappa shape index (κ3) is 7.00. The zero-order valence-corrected chi connectivity index (χ0v) is 26.3. The Morgan fingerprint density at radius 2 is 1.86 bits per heavy atom. The minimum atomic E-state index is -4.68. The molecule has 0 saturated carbocycles. The SMILES string of the molecule is CCOC(=O)CN(Cc1ccc(OC)cc1)c1cc(N2CC[C@@H](O[Si](C)(C)C(C)(C)C)C2)nn2c(C(F)(F)F)cnc12. The normalized spacial score (nSPS) is 16.2. The number of aromatic nitrogens is 3. The Balaban J connectivity index is 1.76. The number of carbonyl (C=O) groups is 1. The van der Waals surface area contributed by atoms with Crippen LogP contribution in [0.15, 0.2) is 36.5 Å². The van der Waals surface area contributed by atoms with Crippen molar-refractivity contribution < 1.29 is 31.9 Å². The maximum absolute atomic E-state index is 14.1. The van der Waals surface area contributed by atoms with E-state index in [4.69, 9.17) is 13.9 Å². The number of hydrogen-bond acceptors (Lipinski definition) is 8. The van der Waals surface area contributed by atoms with Crippen LogP contribution in [0, 0.1) is 0 Å². The van der Waals surface area contributed by atoms with E-state index < -0.39 is 26.2 Å². The molecule has 1 aliphatic rings. The summed E-state index contributed by atoms with van der Waals surface area (Å²) in [5, 5.41) is 4.43. The van der Waals surface area contributed by atoms with E-state index in [0.717, 1.165) is 22.7 Å². The number of nitrogens with zero attached hydrogens (tertiary/aromatic N) is 5. The summed E-state index contributed by atoms with van der Waals surface area (Å²) in [5.74, 6) is 0.510. The van der Waals surface area contributed by atoms with E-state index in [1.54, 1.807) is 37.1 Å². The second-order valence-electron chi connectivity index (χ2n) is 12.0. The molecule has 0 unspecified atom stereocenters. The van der Waals surface area contributed by atoms with Gasteiger partial charge in [-0.15, -0.1) is 5.10 Å². The highest BCUT2D eigenvalue weighted by Gasteiger charge is 2.41. The van der Waals surface area contributed by atoms with Crippen LogP contribution in [0.2, 0.25) is 18.1 Å². The molecular weight excluding hydrogens is 567 g/mol. The number of benzene rings is 1. The number of fused-ring (bicyclic) bond motifs is 1. The summed E-state index contributed by atoms with van der Waals surface area (Å²) >= 11 is 0. The van der Waals surface area contributed by atoms with Gasteiger partial charge in [0.25, 0.3) is 0 Å². The highest BCUT2D eigenvalue weighted by atomic mass is 28.4. The molecule has 2 aromatic heterocycles. The smallest absolute Gasteiger partial charge is 0.435 e. The summed E-state index contributed by atoms with van der Waals surface area (Å²) in [7, 11) is -0.489. The Kier molecular flexibility index (Phi) is 9.12. The van der Waals surface area contributed by atoms with Crippen LogP contribution in [0.25, 0.3) is 5.65 Å². The number of anilines is 2. The average Bonchev–Trinajstić information content (AvgIpc) is 3.54. The minimum Gasteiger partial charge on any atom is -0.497 e. The first kappa shape index (κ1) is 31.6. The van der Waals surface area contributed by atoms with Gasteiger partial charge in [-0.1, -0.05) is 32.9 Å². The topological polar surface area (TPSA) is 81.4 Å². The van der Waals surface area contributed by atoms with Crippen molar-refractivity contribution in [3.05, 3.63) is 47.8 Å². The molecule has 230 valence electrons. The lowest BCUT2D eigenvalue weighted by molar-refractivity contribution is -0.143. The molecule has 0 aliphatic carbocycles. The van der Waals surface area contributed by atoms with Crippen LogP contribution in [-0.4, -0.2) is 68.3 Å². The van der Waals surface area contributed by atoms with E-state index in [-0.39, 0.29) is 36.5 Å². The van der Waals surface area contributed by atoms with Gasteiger partial charge in [0.2, 0.25) is 0 Å². The Hall–Kier alpha value is -3.32. The van der Waals surface area contributed by atoms with Crippen molar-refractivity contribution in [2.45, 2.75) is 71.1 Å². The number of alkyl halides is 3. The van der Waals surface area contributed by atoms with Crippen LogP contribution in [0.4, 0.5) is 24.7 Å². The lowest BCUT2D eigenvalue weighted by atomic mass is 10.2. The maximum Gasteiger partial charge on any atom is 0.435 e. The van der Waals surface area contributed by atoms with Gasteiger partial charge in [-0.05, 0) is 49.2 Å². The molecule has 42 heavy (non-hydrogen) atoms. The van der Waals surface area contributed by atoms with Crippen LogP contribution >= 0.6 is 0 Å². The molecule has 0 amide bonds. The first-order chi connectivity index (χ1) is 19.6. The molecule has 1 saturated heterocycles. The van der Waals surface area contributed by atoms with Gasteiger partial charge in [-0.25, -0.2) is 9.50 Å². The summed E-state index contributed by atoms with van der Waals surface area (Å²) in [5.41, 5.74) is 0.169. The molecule has 1 atom stereocenters. The van der Waals surface area contributed by atoms with Crippen LogP contribution in [0.5, 0.6) is 5.75 Å². The van der Waals surface area contributed by atoms with Crippen LogP contribution in [0.3, 0.4) is 0 Å². The van der Waals surface area contributed by atoms with Crippen molar-refractivity contribution in [3.63, 3.8) is 0 Å². The molecule has 0 radical (unpaired) electrons. The van der Waals surface area contributed by atoms with Gasteiger partial charge < -0.3 is 23.7 Å². The van der Waals surface area contributed by atoms with Gasteiger partial charge in [0.1, 0.15) is 12.3 Å². The molecule has 3 heterocycles. The maximum atomic E-state index is 14.1. The standard InChI is InChI=1S/C29H40F3N5O4Si/c1-8-40-26(38)19-36(17-20-9-11-21(39-5)12-10-20)23-15-25(34-37-24(29(30,31)32)16-33-27(23)37)35-14-13-22(18-35)41-42(6,7)28(2,3)4/h9-12,15-16,22H,8,13-14,17-19H2,1-7H3/t22-/m1/s1. The second-order valence-corrected chi connectivity index (χ2v) is 16.8. The Bertz CT molecular complexity index is 1390. The fourth-order valence-corrected chi connectivity index (χ4v) is 6.07. The van der Waals surface area contributed by atoms with Gasteiger partial charge >= 0.3 is 12.1 Å². The molecular formula is C29H40F3N5O4Si. The number of imidazole rings is 1. The van der Waals surface area contributed by atoms with E-state index in [1.165, 1.54) is 0 Å². The van der Waals surface area contributed by atoms with E-state index in [1.807, 2.05) is 17.0 Å². The number of esters is 1. The molecule has 1 aliphatic heterocycles. The van der Waals surface area contributed by atoms with Gasteiger partial charge in [-0.3, -0.25) is 4.79 Å². The summed E-state index contributed by atoms with van der Waals surface area (Å²) < 4.78 is 60.1. The lowest BCUT2D eigenvalue weighted by Crippen LogP contribution is -2.44. The quantitative estimate of drug-likeness (QED) is 0.207. The minimum absolute atomic E-state index is 0.00263. The number of carbonyl (C=O) groups excluding carboxylic acids is 1. The molecule has 0 N–H and O–H groups in total. The molecule has 13 heteroatoms.